The number of carbonyl (C=O) groups excluding carboxylic acids is 1. The third-order valence-electron chi connectivity index (χ3n) is 4.43. The van der Waals surface area contributed by atoms with Crippen LogP contribution in [0, 0.1) is 12.8 Å². The molecule has 1 amide bonds. The SMILES string of the molecule is CCC(CC)C(=O)Nc1c(-c2ccccc2)nc2cc(C)ccn12. The van der Waals surface area contributed by atoms with Gasteiger partial charge < -0.3 is 5.32 Å². The van der Waals surface area contributed by atoms with Gasteiger partial charge in [0.15, 0.2) is 0 Å². The molecule has 4 nitrogen and oxygen atoms in total. The van der Waals surface area contributed by atoms with E-state index in [4.69, 9.17) is 4.98 Å². The Kier molecular flexibility index (Phi) is 4.65. The van der Waals surface area contributed by atoms with Crippen LogP contribution in [0.2, 0.25) is 0 Å². The first-order valence-corrected chi connectivity index (χ1v) is 8.49. The average molecular weight is 321 g/mol. The molecule has 0 saturated carbocycles. The summed E-state index contributed by atoms with van der Waals surface area (Å²) in [6.45, 7) is 6.13. The molecule has 2 heterocycles. The van der Waals surface area contributed by atoms with E-state index in [-0.39, 0.29) is 11.8 Å². The quantitative estimate of drug-likeness (QED) is 0.741. The van der Waals surface area contributed by atoms with E-state index in [9.17, 15) is 4.79 Å². The van der Waals surface area contributed by atoms with E-state index in [1.807, 2.05) is 73.8 Å². The standard InChI is InChI=1S/C20H23N3O/c1-4-15(5-2)20(24)22-19-18(16-9-7-6-8-10-16)21-17-13-14(3)11-12-23(17)19/h6-13,15H,4-5H2,1-3H3,(H,22,24). The summed E-state index contributed by atoms with van der Waals surface area (Å²) in [6.07, 6.45) is 3.63. The summed E-state index contributed by atoms with van der Waals surface area (Å²) in [6, 6.07) is 14.0. The number of pyridine rings is 1. The van der Waals surface area contributed by atoms with E-state index < -0.39 is 0 Å². The molecule has 0 fully saturated rings. The van der Waals surface area contributed by atoms with E-state index in [0.29, 0.717) is 0 Å². The van der Waals surface area contributed by atoms with Crippen molar-refractivity contribution in [2.24, 2.45) is 5.92 Å². The number of amides is 1. The van der Waals surface area contributed by atoms with Crippen molar-refractivity contribution in [3.63, 3.8) is 0 Å². The van der Waals surface area contributed by atoms with Crippen molar-refractivity contribution in [3.8, 4) is 11.3 Å². The predicted molar refractivity (Wildman–Crippen MR) is 98.1 cm³/mol. The van der Waals surface area contributed by atoms with Crippen LogP contribution >= 0.6 is 0 Å². The minimum absolute atomic E-state index is 0.0182. The normalized spacial score (nSPS) is 11.2. The predicted octanol–water partition coefficient (Wildman–Crippen LogP) is 4.68. The molecule has 0 aliphatic heterocycles. The number of imidazole rings is 1. The first-order chi connectivity index (χ1) is 11.6. The number of rotatable bonds is 5. The van der Waals surface area contributed by atoms with Gasteiger partial charge in [-0.25, -0.2) is 4.98 Å². The molecule has 0 spiro atoms. The number of hydrogen-bond donors (Lipinski definition) is 1. The highest BCUT2D eigenvalue weighted by molar-refractivity contribution is 5.96. The molecule has 3 aromatic rings. The summed E-state index contributed by atoms with van der Waals surface area (Å²) in [4.78, 5) is 17.4. The highest BCUT2D eigenvalue weighted by Crippen LogP contribution is 2.29. The number of aromatic nitrogens is 2. The Morgan fingerprint density at radius 2 is 1.88 bits per heavy atom. The minimum Gasteiger partial charge on any atom is -0.310 e. The summed E-state index contributed by atoms with van der Waals surface area (Å²) in [7, 11) is 0. The van der Waals surface area contributed by atoms with E-state index in [1.54, 1.807) is 0 Å². The van der Waals surface area contributed by atoms with Crippen molar-refractivity contribution in [3.05, 3.63) is 54.2 Å². The van der Waals surface area contributed by atoms with Gasteiger partial charge in [0.2, 0.25) is 5.91 Å². The zero-order valence-electron chi connectivity index (χ0n) is 14.4. The molecule has 0 radical (unpaired) electrons. The van der Waals surface area contributed by atoms with Gasteiger partial charge >= 0.3 is 0 Å². The second kappa shape index (κ2) is 6.87. The Hall–Kier alpha value is -2.62. The summed E-state index contributed by atoms with van der Waals surface area (Å²) in [5, 5.41) is 3.11. The molecule has 0 bridgehead atoms. The maximum Gasteiger partial charge on any atom is 0.228 e. The largest absolute Gasteiger partial charge is 0.310 e. The van der Waals surface area contributed by atoms with Gasteiger partial charge in [-0.2, -0.15) is 0 Å². The molecule has 2 aromatic heterocycles. The van der Waals surface area contributed by atoms with Crippen molar-refractivity contribution in [1.82, 2.24) is 9.38 Å². The van der Waals surface area contributed by atoms with Crippen molar-refractivity contribution in [2.45, 2.75) is 33.6 Å². The first kappa shape index (κ1) is 16.2. The number of nitrogens with zero attached hydrogens (tertiary/aromatic N) is 2. The van der Waals surface area contributed by atoms with Crippen LogP contribution in [0.1, 0.15) is 32.3 Å². The molecule has 0 aliphatic carbocycles. The number of benzene rings is 1. The fourth-order valence-corrected chi connectivity index (χ4v) is 2.94. The lowest BCUT2D eigenvalue weighted by Gasteiger charge is -2.13. The van der Waals surface area contributed by atoms with Crippen LogP contribution in [0.15, 0.2) is 48.7 Å². The van der Waals surface area contributed by atoms with Gasteiger partial charge in [0.1, 0.15) is 17.2 Å². The van der Waals surface area contributed by atoms with Gasteiger partial charge in [-0.1, -0.05) is 44.2 Å². The third kappa shape index (κ3) is 3.04. The topological polar surface area (TPSA) is 46.4 Å². The van der Waals surface area contributed by atoms with Crippen LogP contribution in [0.4, 0.5) is 5.82 Å². The van der Waals surface area contributed by atoms with Crippen LogP contribution in [0.5, 0.6) is 0 Å². The average Bonchev–Trinajstić information content (AvgIpc) is 2.94. The Morgan fingerprint density at radius 3 is 2.54 bits per heavy atom. The molecule has 1 N–H and O–H groups in total. The summed E-state index contributed by atoms with van der Waals surface area (Å²) >= 11 is 0. The first-order valence-electron chi connectivity index (χ1n) is 8.49. The van der Waals surface area contributed by atoms with Crippen LogP contribution in [0.3, 0.4) is 0 Å². The second-order valence-electron chi connectivity index (χ2n) is 6.11. The maximum absolute atomic E-state index is 12.6. The molecule has 0 saturated heterocycles. The monoisotopic (exact) mass is 321 g/mol. The lowest BCUT2D eigenvalue weighted by atomic mass is 10.0. The van der Waals surface area contributed by atoms with Gasteiger partial charge in [0.25, 0.3) is 0 Å². The Bertz CT molecular complexity index is 848. The number of hydrogen-bond acceptors (Lipinski definition) is 2. The molecule has 124 valence electrons. The number of nitrogens with one attached hydrogen (secondary N) is 1. The molecule has 0 unspecified atom stereocenters. The summed E-state index contributed by atoms with van der Waals surface area (Å²) in [5.74, 6) is 0.817. The Labute approximate surface area is 142 Å². The maximum atomic E-state index is 12.6. The Balaban J connectivity index is 2.11. The van der Waals surface area contributed by atoms with E-state index in [2.05, 4.69) is 5.32 Å². The smallest absolute Gasteiger partial charge is 0.228 e. The van der Waals surface area contributed by atoms with Crippen molar-refractivity contribution in [2.75, 3.05) is 5.32 Å². The number of anilines is 1. The highest BCUT2D eigenvalue weighted by Gasteiger charge is 2.20. The fraction of sp³-hybridized carbons (Fsp3) is 0.300. The molecular weight excluding hydrogens is 298 g/mol. The van der Waals surface area contributed by atoms with E-state index in [0.717, 1.165) is 41.1 Å². The van der Waals surface area contributed by atoms with Gasteiger partial charge in [0, 0.05) is 17.7 Å². The second-order valence-corrected chi connectivity index (χ2v) is 6.11. The van der Waals surface area contributed by atoms with Crippen molar-refractivity contribution < 1.29 is 4.79 Å². The third-order valence-corrected chi connectivity index (χ3v) is 4.43. The molecule has 4 heteroatoms. The fourth-order valence-electron chi connectivity index (χ4n) is 2.94. The lowest BCUT2D eigenvalue weighted by Crippen LogP contribution is -2.22. The minimum atomic E-state index is 0.0182. The molecule has 0 atom stereocenters. The lowest BCUT2D eigenvalue weighted by molar-refractivity contribution is -0.120. The zero-order valence-corrected chi connectivity index (χ0v) is 14.4. The van der Waals surface area contributed by atoms with Crippen molar-refractivity contribution in [1.29, 1.82) is 0 Å². The van der Waals surface area contributed by atoms with Gasteiger partial charge in [-0.15, -0.1) is 0 Å². The van der Waals surface area contributed by atoms with Gasteiger partial charge in [-0.3, -0.25) is 9.20 Å². The summed E-state index contributed by atoms with van der Waals surface area (Å²) in [5.41, 5.74) is 3.79. The van der Waals surface area contributed by atoms with E-state index >= 15 is 0 Å². The zero-order chi connectivity index (χ0) is 17.1. The Morgan fingerprint density at radius 1 is 1.17 bits per heavy atom. The van der Waals surface area contributed by atoms with Crippen molar-refractivity contribution >= 4 is 17.4 Å². The van der Waals surface area contributed by atoms with E-state index in [1.165, 1.54) is 0 Å². The van der Waals surface area contributed by atoms with Gasteiger partial charge in [-0.05, 0) is 37.5 Å². The molecule has 0 aliphatic rings. The van der Waals surface area contributed by atoms with Crippen LogP contribution in [-0.2, 0) is 4.79 Å². The number of carbonyl (C=O) groups is 1. The van der Waals surface area contributed by atoms with Gasteiger partial charge in [0.05, 0.1) is 0 Å². The molecular formula is C20H23N3O. The number of fused-ring (bicyclic) bond motifs is 1. The molecule has 24 heavy (non-hydrogen) atoms. The highest BCUT2D eigenvalue weighted by atomic mass is 16.2. The van der Waals surface area contributed by atoms with Crippen LogP contribution in [0.25, 0.3) is 16.9 Å². The number of aryl methyl sites for hydroxylation is 1. The van der Waals surface area contributed by atoms with Crippen LogP contribution in [-0.4, -0.2) is 15.3 Å². The molecule has 3 rings (SSSR count). The summed E-state index contributed by atoms with van der Waals surface area (Å²) < 4.78 is 1.95. The molecule has 1 aromatic carbocycles. The van der Waals surface area contributed by atoms with Crippen LogP contribution < -0.4 is 5.32 Å².